The van der Waals surface area contributed by atoms with Crippen LogP contribution in [0.4, 0.5) is 0 Å². The Morgan fingerprint density at radius 2 is 0.983 bits per heavy atom. The van der Waals surface area contributed by atoms with Gasteiger partial charge < -0.3 is 4.42 Å². The monoisotopic (exact) mass is 757 g/mol. The first-order chi connectivity index (χ1) is 28.7. The van der Waals surface area contributed by atoms with E-state index < -0.39 is 0 Å². The van der Waals surface area contributed by atoms with Gasteiger partial charge in [0.15, 0.2) is 17.5 Å². The molecule has 3 aromatic heterocycles. The predicted octanol–water partition coefficient (Wildman–Crippen LogP) is 14.8. The Labute approximate surface area is 337 Å². The Bertz CT molecular complexity index is 3590. The van der Waals surface area contributed by atoms with Gasteiger partial charge in [0.05, 0.1) is 0 Å². The van der Waals surface area contributed by atoms with Crippen LogP contribution in [0.15, 0.2) is 192 Å². The molecule has 3 heterocycles. The highest BCUT2D eigenvalue weighted by Crippen LogP contribution is 2.44. The molecule has 12 rings (SSSR count). The van der Waals surface area contributed by atoms with E-state index in [4.69, 9.17) is 19.4 Å². The summed E-state index contributed by atoms with van der Waals surface area (Å²) in [6.07, 6.45) is 0. The van der Waals surface area contributed by atoms with Crippen molar-refractivity contribution < 1.29 is 4.42 Å². The number of thiophene rings is 1. The molecule has 0 aliphatic heterocycles. The largest absolute Gasteiger partial charge is 0.456 e. The number of aromatic nitrogens is 3. The minimum atomic E-state index is 0.616. The van der Waals surface area contributed by atoms with E-state index in [0.717, 1.165) is 60.0 Å². The Hall–Kier alpha value is -7.47. The standard InChI is InChI=1S/C53H31N3OS/c1-2-14-32(15-3-1)51-54-52(56-53(55-51)43-25-12-24-41-39-21-10-11-27-48(39)58-50(41)43)42-22-9-8-20-38(42)40-23-13-26-47-49(40)45-31-34(28-29-46(45)57-47)44-30-33-16-4-5-17-35(33)36-18-6-7-19-37(36)44/h1-31H. The smallest absolute Gasteiger partial charge is 0.165 e. The van der Waals surface area contributed by atoms with Gasteiger partial charge in [-0.15, -0.1) is 11.3 Å². The molecule has 0 N–H and O–H groups in total. The van der Waals surface area contributed by atoms with Gasteiger partial charge >= 0.3 is 0 Å². The van der Waals surface area contributed by atoms with Crippen molar-refractivity contribution in [2.45, 2.75) is 0 Å². The molecule has 0 unspecified atom stereocenters. The van der Waals surface area contributed by atoms with Gasteiger partial charge in [-0.05, 0) is 80.2 Å². The topological polar surface area (TPSA) is 51.8 Å². The number of benzene rings is 9. The van der Waals surface area contributed by atoms with Crippen LogP contribution in [0.25, 0.3) is 120 Å². The van der Waals surface area contributed by atoms with Crippen LogP contribution in [0.5, 0.6) is 0 Å². The Morgan fingerprint density at radius 1 is 0.345 bits per heavy atom. The summed E-state index contributed by atoms with van der Waals surface area (Å²) in [6.45, 7) is 0. The van der Waals surface area contributed by atoms with Gasteiger partial charge in [-0.1, -0.05) is 152 Å². The fourth-order valence-corrected chi connectivity index (χ4v) is 9.89. The quantitative estimate of drug-likeness (QED) is 0.164. The molecule has 0 saturated carbocycles. The molecule has 58 heavy (non-hydrogen) atoms. The van der Waals surface area contributed by atoms with Crippen LogP contribution in [0.3, 0.4) is 0 Å². The van der Waals surface area contributed by atoms with Crippen LogP contribution in [0.2, 0.25) is 0 Å². The first-order valence-corrected chi connectivity index (χ1v) is 20.2. The molecule has 12 aromatic rings. The zero-order chi connectivity index (χ0) is 38.2. The summed E-state index contributed by atoms with van der Waals surface area (Å²) in [7, 11) is 0. The molecule has 4 nitrogen and oxygen atoms in total. The fraction of sp³-hybridized carbons (Fsp3) is 0. The molecule has 0 saturated heterocycles. The number of hydrogen-bond acceptors (Lipinski definition) is 5. The van der Waals surface area contributed by atoms with Crippen molar-refractivity contribution in [2.75, 3.05) is 0 Å². The number of fused-ring (bicyclic) bond motifs is 9. The van der Waals surface area contributed by atoms with E-state index in [-0.39, 0.29) is 0 Å². The van der Waals surface area contributed by atoms with Gasteiger partial charge in [-0.2, -0.15) is 0 Å². The van der Waals surface area contributed by atoms with Crippen LogP contribution in [0.1, 0.15) is 0 Å². The minimum Gasteiger partial charge on any atom is -0.456 e. The van der Waals surface area contributed by atoms with Gasteiger partial charge in [0, 0.05) is 47.6 Å². The summed E-state index contributed by atoms with van der Waals surface area (Å²) < 4.78 is 8.99. The maximum Gasteiger partial charge on any atom is 0.165 e. The highest BCUT2D eigenvalue weighted by atomic mass is 32.1. The first-order valence-electron chi connectivity index (χ1n) is 19.4. The van der Waals surface area contributed by atoms with Crippen molar-refractivity contribution >= 4 is 75.0 Å². The van der Waals surface area contributed by atoms with Crippen molar-refractivity contribution in [3.63, 3.8) is 0 Å². The third-order valence-electron chi connectivity index (χ3n) is 11.3. The highest BCUT2D eigenvalue weighted by Gasteiger charge is 2.21. The van der Waals surface area contributed by atoms with E-state index in [9.17, 15) is 0 Å². The summed E-state index contributed by atoms with van der Waals surface area (Å²) in [5.74, 6) is 1.90. The second-order valence-corrected chi connectivity index (χ2v) is 15.7. The zero-order valence-corrected chi connectivity index (χ0v) is 31.9. The Morgan fingerprint density at radius 3 is 1.86 bits per heavy atom. The summed E-state index contributed by atoms with van der Waals surface area (Å²) >= 11 is 1.78. The summed E-state index contributed by atoms with van der Waals surface area (Å²) in [5.41, 5.74) is 8.95. The number of rotatable bonds is 5. The Kier molecular flexibility index (Phi) is 7.37. The molecular formula is C53H31N3OS. The lowest BCUT2D eigenvalue weighted by molar-refractivity contribution is 0.669. The molecule has 5 heteroatoms. The van der Waals surface area contributed by atoms with E-state index >= 15 is 0 Å². The van der Waals surface area contributed by atoms with E-state index in [1.54, 1.807) is 11.3 Å². The van der Waals surface area contributed by atoms with E-state index in [0.29, 0.717) is 17.5 Å². The van der Waals surface area contributed by atoms with E-state index in [2.05, 4.69) is 170 Å². The molecule has 270 valence electrons. The average Bonchev–Trinajstić information content (AvgIpc) is 3.87. The average molecular weight is 758 g/mol. The van der Waals surface area contributed by atoms with Crippen LogP contribution in [0, 0.1) is 0 Å². The number of nitrogens with zero attached hydrogens (tertiary/aromatic N) is 3. The second-order valence-electron chi connectivity index (χ2n) is 14.7. The number of hydrogen-bond donors (Lipinski definition) is 0. The van der Waals surface area contributed by atoms with Crippen molar-refractivity contribution in [3.8, 4) is 56.4 Å². The molecule has 0 atom stereocenters. The van der Waals surface area contributed by atoms with Crippen LogP contribution >= 0.6 is 11.3 Å². The van der Waals surface area contributed by atoms with Crippen molar-refractivity contribution in [1.29, 1.82) is 0 Å². The lowest BCUT2D eigenvalue weighted by atomic mass is 9.91. The van der Waals surface area contributed by atoms with E-state index in [1.165, 1.54) is 42.6 Å². The van der Waals surface area contributed by atoms with E-state index in [1.807, 2.05) is 18.2 Å². The second kappa shape index (κ2) is 13.1. The molecule has 0 amide bonds. The predicted molar refractivity (Wildman–Crippen MR) is 242 cm³/mol. The van der Waals surface area contributed by atoms with Crippen LogP contribution in [-0.4, -0.2) is 15.0 Å². The highest BCUT2D eigenvalue weighted by molar-refractivity contribution is 7.26. The van der Waals surface area contributed by atoms with Crippen LogP contribution < -0.4 is 0 Å². The third-order valence-corrected chi connectivity index (χ3v) is 12.6. The molecule has 0 bridgehead atoms. The normalized spacial score (nSPS) is 11.8. The minimum absolute atomic E-state index is 0.616. The Balaban J connectivity index is 1.07. The SMILES string of the molecule is c1ccc(-c2nc(-c3ccccc3-c3cccc4oc5ccc(-c6cc7ccccc7c7ccccc67)cc5c34)nc(-c3cccc4c3sc3ccccc34)n2)cc1. The summed E-state index contributed by atoms with van der Waals surface area (Å²) in [5, 5.41) is 9.52. The third kappa shape index (κ3) is 5.18. The van der Waals surface area contributed by atoms with Crippen LogP contribution in [-0.2, 0) is 0 Å². The maximum absolute atomic E-state index is 6.59. The van der Waals surface area contributed by atoms with Gasteiger partial charge in [-0.3, -0.25) is 0 Å². The first kappa shape index (κ1) is 32.7. The van der Waals surface area contributed by atoms with Crippen molar-refractivity contribution in [1.82, 2.24) is 15.0 Å². The molecule has 0 aliphatic rings. The molecule has 0 spiro atoms. The van der Waals surface area contributed by atoms with Gasteiger partial charge in [-0.25, -0.2) is 15.0 Å². The summed E-state index contributed by atoms with van der Waals surface area (Å²) in [6, 6.07) is 66.2. The molecule has 9 aromatic carbocycles. The number of furan rings is 1. The van der Waals surface area contributed by atoms with Crippen molar-refractivity contribution in [2.24, 2.45) is 0 Å². The van der Waals surface area contributed by atoms with Gasteiger partial charge in [0.2, 0.25) is 0 Å². The van der Waals surface area contributed by atoms with Gasteiger partial charge in [0.25, 0.3) is 0 Å². The lowest BCUT2D eigenvalue weighted by Crippen LogP contribution is -2.01. The maximum atomic E-state index is 6.59. The molecule has 0 fully saturated rings. The fourth-order valence-electron chi connectivity index (χ4n) is 8.68. The molecule has 0 radical (unpaired) electrons. The molecule has 0 aliphatic carbocycles. The molecular weight excluding hydrogens is 727 g/mol. The lowest BCUT2D eigenvalue weighted by Gasteiger charge is -2.13. The van der Waals surface area contributed by atoms with Crippen molar-refractivity contribution in [3.05, 3.63) is 188 Å². The van der Waals surface area contributed by atoms with Gasteiger partial charge in [0.1, 0.15) is 11.2 Å². The summed E-state index contributed by atoms with van der Waals surface area (Å²) in [4.78, 5) is 15.7. The zero-order valence-electron chi connectivity index (χ0n) is 31.1.